The molecule has 0 aromatic heterocycles. The summed E-state index contributed by atoms with van der Waals surface area (Å²) in [6.07, 6.45) is 2.55. The molecule has 7 heteroatoms. The quantitative estimate of drug-likeness (QED) is 0.176. The first-order valence-corrected chi connectivity index (χ1v) is 12.9. The first-order valence-electron chi connectivity index (χ1n) is 12.9. The number of carbonyl (C=O) groups is 2. The fraction of sp³-hybridized carbons (Fsp3) is 0.400. The number of Topliss-reactive ketones (excluding diaryl/α,β-unsaturated/α-hetero) is 1. The molecule has 2 aromatic rings. The molecule has 0 spiro atoms. The number of likely N-dealkylation sites (N-methyl/N-ethyl adjacent to an activating group) is 1. The molecule has 198 valence electrons. The lowest BCUT2D eigenvalue weighted by Crippen LogP contribution is -2.38. The molecule has 1 aliphatic heterocycles. The number of benzene rings is 2. The number of nitrogens with zero attached hydrogens (tertiary/aromatic N) is 2. The highest BCUT2D eigenvalue weighted by Crippen LogP contribution is 2.40. The first-order chi connectivity index (χ1) is 17.9. The van der Waals surface area contributed by atoms with Crippen molar-refractivity contribution in [1.29, 1.82) is 0 Å². The highest BCUT2D eigenvalue weighted by molar-refractivity contribution is 6.46. The Labute approximate surface area is 220 Å². The molecule has 37 heavy (non-hydrogen) atoms. The lowest BCUT2D eigenvalue weighted by molar-refractivity contribution is -0.140. The summed E-state index contributed by atoms with van der Waals surface area (Å²) >= 11 is 0. The minimum atomic E-state index is -0.702. The number of carbonyl (C=O) groups excluding carboxylic acids is 2. The molecule has 1 unspecified atom stereocenters. The number of ether oxygens (including phenoxy) is 2. The van der Waals surface area contributed by atoms with Crippen molar-refractivity contribution in [3.05, 3.63) is 77.4 Å². The van der Waals surface area contributed by atoms with E-state index in [9.17, 15) is 14.7 Å². The summed E-state index contributed by atoms with van der Waals surface area (Å²) in [5.74, 6) is -0.120. The van der Waals surface area contributed by atoms with Crippen LogP contribution in [0.3, 0.4) is 0 Å². The summed E-state index contributed by atoms with van der Waals surface area (Å²) in [5.41, 5.74) is 2.05. The molecule has 1 N–H and O–H groups in total. The Morgan fingerprint density at radius 2 is 1.73 bits per heavy atom. The van der Waals surface area contributed by atoms with Gasteiger partial charge in [-0.2, -0.15) is 0 Å². The van der Waals surface area contributed by atoms with Gasteiger partial charge in [0.05, 0.1) is 18.2 Å². The van der Waals surface area contributed by atoms with Crippen LogP contribution < -0.4 is 9.47 Å². The number of aryl methyl sites for hydroxylation is 1. The van der Waals surface area contributed by atoms with E-state index in [0.29, 0.717) is 37.6 Å². The summed E-state index contributed by atoms with van der Waals surface area (Å²) in [6.45, 7) is 15.3. The van der Waals surface area contributed by atoms with Gasteiger partial charge in [0.1, 0.15) is 23.9 Å². The molecule has 2 aromatic carbocycles. The van der Waals surface area contributed by atoms with Gasteiger partial charge in [0.25, 0.3) is 11.7 Å². The van der Waals surface area contributed by atoms with Crippen molar-refractivity contribution in [1.82, 2.24) is 9.80 Å². The highest BCUT2D eigenvalue weighted by Gasteiger charge is 2.46. The number of hydrogen-bond acceptors (Lipinski definition) is 6. The molecule has 3 rings (SSSR count). The zero-order chi connectivity index (χ0) is 26.9. The number of hydrogen-bond donors (Lipinski definition) is 1. The Hall–Kier alpha value is -3.58. The molecule has 1 aliphatic rings. The van der Waals surface area contributed by atoms with Gasteiger partial charge in [-0.15, -0.1) is 0 Å². The molecule has 0 aliphatic carbocycles. The van der Waals surface area contributed by atoms with Gasteiger partial charge in [0.2, 0.25) is 0 Å². The molecule has 0 saturated carbocycles. The Balaban J connectivity index is 2.06. The van der Waals surface area contributed by atoms with Gasteiger partial charge in [0.15, 0.2) is 0 Å². The van der Waals surface area contributed by atoms with Crippen LogP contribution in [-0.4, -0.2) is 66.0 Å². The summed E-state index contributed by atoms with van der Waals surface area (Å²) in [4.78, 5) is 30.4. The SMILES string of the molecule is C=CCOc1ccc(C(O)=C2C(=O)C(=O)N(CCN(CC)CC)C2c2ccc(OCCC)cc2)c(C)c1. The van der Waals surface area contributed by atoms with Gasteiger partial charge < -0.3 is 24.4 Å². The maximum atomic E-state index is 13.3. The van der Waals surface area contributed by atoms with Crippen molar-refractivity contribution < 1.29 is 24.2 Å². The highest BCUT2D eigenvalue weighted by atomic mass is 16.5. The third-order valence-electron chi connectivity index (χ3n) is 6.58. The van der Waals surface area contributed by atoms with Gasteiger partial charge in [0, 0.05) is 18.7 Å². The Morgan fingerprint density at radius 3 is 2.32 bits per heavy atom. The molecular weight excluding hydrogens is 468 g/mol. The van der Waals surface area contributed by atoms with E-state index in [1.54, 1.807) is 29.2 Å². The monoisotopic (exact) mass is 506 g/mol. The topological polar surface area (TPSA) is 79.3 Å². The zero-order valence-corrected chi connectivity index (χ0v) is 22.3. The normalized spacial score (nSPS) is 16.9. The Morgan fingerprint density at radius 1 is 1.05 bits per heavy atom. The molecule has 7 nitrogen and oxygen atoms in total. The van der Waals surface area contributed by atoms with Crippen molar-refractivity contribution in [2.24, 2.45) is 0 Å². The third-order valence-corrected chi connectivity index (χ3v) is 6.58. The van der Waals surface area contributed by atoms with Crippen molar-refractivity contribution in [3.8, 4) is 11.5 Å². The number of aliphatic hydroxyl groups excluding tert-OH is 1. The van der Waals surface area contributed by atoms with Gasteiger partial charge >= 0.3 is 0 Å². The van der Waals surface area contributed by atoms with E-state index in [1.165, 1.54) is 0 Å². The summed E-state index contributed by atoms with van der Waals surface area (Å²) in [6, 6.07) is 11.9. The smallest absolute Gasteiger partial charge is 0.295 e. The molecule has 1 saturated heterocycles. The summed E-state index contributed by atoms with van der Waals surface area (Å²) < 4.78 is 11.3. The molecule has 1 amide bonds. The number of ketones is 1. The average Bonchev–Trinajstić information content (AvgIpc) is 3.16. The molecular formula is C30H38N2O5. The first kappa shape index (κ1) is 28.0. The van der Waals surface area contributed by atoms with Gasteiger partial charge in [-0.3, -0.25) is 9.59 Å². The molecule has 1 fully saturated rings. The maximum Gasteiger partial charge on any atom is 0.295 e. The minimum Gasteiger partial charge on any atom is -0.507 e. The van der Waals surface area contributed by atoms with E-state index < -0.39 is 17.7 Å². The second-order valence-electron chi connectivity index (χ2n) is 9.01. The second kappa shape index (κ2) is 13.1. The van der Waals surface area contributed by atoms with E-state index >= 15 is 0 Å². The molecule has 0 bridgehead atoms. The molecule has 1 atom stereocenters. The second-order valence-corrected chi connectivity index (χ2v) is 9.01. The predicted octanol–water partition coefficient (Wildman–Crippen LogP) is 5.11. The van der Waals surface area contributed by atoms with E-state index in [2.05, 4.69) is 25.3 Å². The van der Waals surface area contributed by atoms with Crippen LogP contribution in [0, 0.1) is 6.92 Å². The number of aliphatic hydroxyl groups is 1. The maximum absolute atomic E-state index is 13.3. The summed E-state index contributed by atoms with van der Waals surface area (Å²) in [7, 11) is 0. The van der Waals surface area contributed by atoms with E-state index in [0.717, 1.165) is 36.4 Å². The lowest BCUT2D eigenvalue weighted by Gasteiger charge is -2.28. The van der Waals surface area contributed by atoms with Crippen molar-refractivity contribution >= 4 is 17.4 Å². The van der Waals surface area contributed by atoms with Crippen molar-refractivity contribution in [2.45, 2.75) is 40.2 Å². The molecule has 0 radical (unpaired) electrons. The minimum absolute atomic E-state index is 0.0923. The van der Waals surface area contributed by atoms with Crippen LogP contribution in [0.25, 0.3) is 5.76 Å². The van der Waals surface area contributed by atoms with Crippen LogP contribution in [0.5, 0.6) is 11.5 Å². The van der Waals surface area contributed by atoms with Crippen LogP contribution in [0.4, 0.5) is 0 Å². The van der Waals surface area contributed by atoms with Crippen molar-refractivity contribution in [3.63, 3.8) is 0 Å². The lowest BCUT2D eigenvalue weighted by atomic mass is 9.94. The van der Waals surface area contributed by atoms with Crippen LogP contribution in [0.2, 0.25) is 0 Å². The van der Waals surface area contributed by atoms with Crippen LogP contribution in [-0.2, 0) is 9.59 Å². The number of likely N-dealkylation sites (tertiary alicyclic amines) is 1. The molecule has 1 heterocycles. The Kier molecular flexibility index (Phi) is 9.92. The van der Waals surface area contributed by atoms with Crippen molar-refractivity contribution in [2.75, 3.05) is 39.4 Å². The number of rotatable bonds is 13. The fourth-order valence-corrected chi connectivity index (χ4v) is 4.50. The van der Waals surface area contributed by atoms with Gasteiger partial charge in [-0.05, 0) is 67.9 Å². The third kappa shape index (κ3) is 6.41. The standard InChI is InChI=1S/C30H38N2O5/c1-6-18-36-23-12-10-22(11-13-23)27-26(29(34)30(35)32(27)17-16-31(8-3)9-4)28(33)25-15-14-24(20-21(25)5)37-19-7-2/h7,10-15,20,27,33H,2,6,8-9,16-19H2,1,3-5H3. The van der Waals surface area contributed by atoms with Crippen LogP contribution in [0.1, 0.15) is 49.9 Å². The van der Waals surface area contributed by atoms with Crippen LogP contribution >= 0.6 is 0 Å². The van der Waals surface area contributed by atoms with E-state index in [4.69, 9.17) is 9.47 Å². The summed E-state index contributed by atoms with van der Waals surface area (Å²) in [5, 5.41) is 11.4. The zero-order valence-electron chi connectivity index (χ0n) is 22.3. The van der Waals surface area contributed by atoms with E-state index in [1.807, 2.05) is 38.1 Å². The predicted molar refractivity (Wildman–Crippen MR) is 146 cm³/mol. The Bertz CT molecular complexity index is 1140. The largest absolute Gasteiger partial charge is 0.507 e. The van der Waals surface area contributed by atoms with Gasteiger partial charge in [-0.25, -0.2) is 0 Å². The van der Waals surface area contributed by atoms with Gasteiger partial charge in [-0.1, -0.05) is 45.6 Å². The fourth-order valence-electron chi connectivity index (χ4n) is 4.50. The number of amides is 1. The average molecular weight is 507 g/mol. The van der Waals surface area contributed by atoms with E-state index in [-0.39, 0.29) is 11.3 Å². The van der Waals surface area contributed by atoms with Crippen LogP contribution in [0.15, 0.2) is 60.7 Å².